The SMILES string of the molecule is COc1ccc(NC(=O)C(C)Sc2cccc(NC(=O)/C(=C\c3cccc(Br)c3)NC(=O)c3ccccc3)c2)cc1Cl. The highest BCUT2D eigenvalue weighted by Crippen LogP contribution is 2.29. The van der Waals surface area contributed by atoms with Crippen LogP contribution in [0.3, 0.4) is 0 Å². The third-order valence-corrected chi connectivity index (χ3v) is 7.76. The zero-order chi connectivity index (χ0) is 30.1. The molecule has 0 spiro atoms. The number of methoxy groups -OCH3 is 1. The highest BCUT2D eigenvalue weighted by atomic mass is 79.9. The molecule has 0 radical (unpaired) electrons. The van der Waals surface area contributed by atoms with Gasteiger partial charge in [-0.15, -0.1) is 11.8 Å². The van der Waals surface area contributed by atoms with Crippen LogP contribution in [0.1, 0.15) is 22.8 Å². The van der Waals surface area contributed by atoms with Gasteiger partial charge in [0.2, 0.25) is 5.91 Å². The van der Waals surface area contributed by atoms with Crippen LogP contribution >= 0.6 is 39.3 Å². The molecule has 3 amide bonds. The number of rotatable bonds is 10. The predicted molar refractivity (Wildman–Crippen MR) is 173 cm³/mol. The Morgan fingerprint density at radius 1 is 0.881 bits per heavy atom. The zero-order valence-corrected chi connectivity index (χ0v) is 25.8. The molecule has 0 saturated heterocycles. The molecule has 10 heteroatoms. The van der Waals surface area contributed by atoms with Crippen LogP contribution in [0, 0.1) is 0 Å². The van der Waals surface area contributed by atoms with E-state index in [2.05, 4.69) is 31.9 Å². The first kappa shape index (κ1) is 30.9. The van der Waals surface area contributed by atoms with Crippen molar-refractivity contribution in [3.8, 4) is 5.75 Å². The molecule has 214 valence electrons. The summed E-state index contributed by atoms with van der Waals surface area (Å²) in [6.07, 6.45) is 1.61. The molecule has 0 heterocycles. The van der Waals surface area contributed by atoms with Crippen LogP contribution in [0.4, 0.5) is 11.4 Å². The summed E-state index contributed by atoms with van der Waals surface area (Å²) >= 11 is 10.9. The average Bonchev–Trinajstić information content (AvgIpc) is 2.97. The van der Waals surface area contributed by atoms with Crippen LogP contribution in [0.15, 0.2) is 112 Å². The van der Waals surface area contributed by atoms with E-state index in [9.17, 15) is 14.4 Å². The van der Waals surface area contributed by atoms with Crippen LogP contribution < -0.4 is 20.7 Å². The van der Waals surface area contributed by atoms with Gasteiger partial charge in [0.25, 0.3) is 11.8 Å². The van der Waals surface area contributed by atoms with Gasteiger partial charge >= 0.3 is 0 Å². The maximum absolute atomic E-state index is 13.4. The third-order valence-electron chi connectivity index (χ3n) is 5.88. The zero-order valence-electron chi connectivity index (χ0n) is 22.7. The number of thioether (sulfide) groups is 1. The molecular formula is C32H27BrClN3O4S. The highest BCUT2D eigenvalue weighted by molar-refractivity contribution is 9.10. The van der Waals surface area contributed by atoms with Crippen LogP contribution in [0.5, 0.6) is 5.75 Å². The summed E-state index contributed by atoms with van der Waals surface area (Å²) < 4.78 is 5.99. The first-order valence-electron chi connectivity index (χ1n) is 12.8. The van der Waals surface area contributed by atoms with Crippen molar-refractivity contribution in [2.45, 2.75) is 17.1 Å². The second-order valence-corrected chi connectivity index (χ2v) is 11.8. The van der Waals surface area contributed by atoms with Gasteiger partial charge in [0.15, 0.2) is 0 Å². The summed E-state index contributed by atoms with van der Waals surface area (Å²) in [5.41, 5.74) is 2.29. The summed E-state index contributed by atoms with van der Waals surface area (Å²) in [6, 6.07) is 28.2. The quantitative estimate of drug-likeness (QED) is 0.120. The van der Waals surface area contributed by atoms with E-state index in [-0.39, 0.29) is 11.6 Å². The van der Waals surface area contributed by atoms with Crippen molar-refractivity contribution in [1.82, 2.24) is 5.32 Å². The van der Waals surface area contributed by atoms with E-state index < -0.39 is 17.1 Å². The van der Waals surface area contributed by atoms with E-state index in [0.717, 1.165) is 14.9 Å². The molecule has 4 aromatic carbocycles. The lowest BCUT2D eigenvalue weighted by atomic mass is 10.1. The minimum absolute atomic E-state index is 0.0749. The number of ether oxygens (including phenoxy) is 1. The standard InChI is InChI=1S/C32H27BrClN3O4S/c1-20(30(38)35-25-14-15-29(41-2)27(34)19-25)42-26-13-7-12-24(18-26)36-32(40)28(17-21-8-6-11-23(33)16-21)37-31(39)22-9-4-3-5-10-22/h3-20H,1-2H3,(H,35,38)(H,36,40)(H,37,39)/b28-17+. The largest absolute Gasteiger partial charge is 0.495 e. The number of hydrogen-bond donors (Lipinski definition) is 3. The number of carbonyl (C=O) groups excluding carboxylic acids is 3. The van der Waals surface area contributed by atoms with Crippen molar-refractivity contribution in [2.75, 3.05) is 17.7 Å². The molecule has 1 atom stereocenters. The van der Waals surface area contributed by atoms with E-state index in [1.807, 2.05) is 36.4 Å². The molecule has 42 heavy (non-hydrogen) atoms. The lowest BCUT2D eigenvalue weighted by Gasteiger charge is -2.14. The fraction of sp³-hybridized carbons (Fsp3) is 0.0938. The molecule has 4 rings (SSSR count). The van der Waals surface area contributed by atoms with Crippen molar-refractivity contribution in [2.24, 2.45) is 0 Å². The molecule has 0 saturated carbocycles. The van der Waals surface area contributed by atoms with Crippen molar-refractivity contribution in [3.63, 3.8) is 0 Å². The second-order valence-electron chi connectivity index (χ2n) is 9.01. The fourth-order valence-corrected chi connectivity index (χ4v) is 5.40. The maximum atomic E-state index is 13.4. The van der Waals surface area contributed by atoms with Gasteiger partial charge in [-0.2, -0.15) is 0 Å². The summed E-state index contributed by atoms with van der Waals surface area (Å²) in [7, 11) is 1.52. The average molecular weight is 665 g/mol. The van der Waals surface area contributed by atoms with Crippen molar-refractivity contribution >= 4 is 74.5 Å². The van der Waals surface area contributed by atoms with Gasteiger partial charge in [-0.3, -0.25) is 14.4 Å². The van der Waals surface area contributed by atoms with Gasteiger partial charge in [-0.1, -0.05) is 63.9 Å². The Morgan fingerprint density at radius 3 is 2.33 bits per heavy atom. The number of anilines is 2. The number of halogens is 2. The molecule has 1 unspecified atom stereocenters. The highest BCUT2D eigenvalue weighted by Gasteiger charge is 2.18. The lowest BCUT2D eigenvalue weighted by Crippen LogP contribution is -2.30. The van der Waals surface area contributed by atoms with Gasteiger partial charge in [0.1, 0.15) is 11.4 Å². The Bertz CT molecular complexity index is 1630. The second kappa shape index (κ2) is 14.7. The van der Waals surface area contributed by atoms with Gasteiger partial charge < -0.3 is 20.7 Å². The smallest absolute Gasteiger partial charge is 0.272 e. The van der Waals surface area contributed by atoms with Crippen molar-refractivity contribution in [3.05, 3.63) is 123 Å². The van der Waals surface area contributed by atoms with Gasteiger partial charge in [0.05, 0.1) is 17.4 Å². The monoisotopic (exact) mass is 663 g/mol. The predicted octanol–water partition coefficient (Wildman–Crippen LogP) is 7.64. The summed E-state index contributed by atoms with van der Waals surface area (Å²) in [6.45, 7) is 1.79. The molecule has 0 aliphatic heterocycles. The Balaban J connectivity index is 1.46. The van der Waals surface area contributed by atoms with E-state index >= 15 is 0 Å². The Hall–Kier alpha value is -4.05. The molecule has 7 nitrogen and oxygen atoms in total. The van der Waals surface area contributed by atoms with Crippen LogP contribution in [-0.2, 0) is 9.59 Å². The molecule has 4 aromatic rings. The van der Waals surface area contributed by atoms with Gasteiger partial charge in [0, 0.05) is 26.3 Å². The minimum Gasteiger partial charge on any atom is -0.495 e. The number of hydrogen-bond acceptors (Lipinski definition) is 5. The molecular weight excluding hydrogens is 638 g/mol. The first-order valence-corrected chi connectivity index (χ1v) is 14.8. The number of amides is 3. The number of carbonyl (C=O) groups is 3. The van der Waals surface area contributed by atoms with Crippen molar-refractivity contribution < 1.29 is 19.1 Å². The number of benzene rings is 4. The Morgan fingerprint density at radius 2 is 1.62 bits per heavy atom. The molecule has 0 aliphatic carbocycles. The normalized spacial score (nSPS) is 11.8. The van der Waals surface area contributed by atoms with Crippen LogP contribution in [0.2, 0.25) is 5.02 Å². The molecule has 0 aromatic heterocycles. The van der Waals surface area contributed by atoms with Crippen LogP contribution in [-0.4, -0.2) is 30.1 Å². The molecule has 3 N–H and O–H groups in total. The van der Waals surface area contributed by atoms with E-state index in [1.54, 1.807) is 73.7 Å². The van der Waals surface area contributed by atoms with Gasteiger partial charge in [-0.25, -0.2) is 0 Å². The summed E-state index contributed by atoms with van der Waals surface area (Å²) in [5, 5.41) is 8.40. The summed E-state index contributed by atoms with van der Waals surface area (Å²) in [5.74, 6) is -0.596. The number of nitrogens with one attached hydrogen (secondary N) is 3. The topological polar surface area (TPSA) is 96.5 Å². The van der Waals surface area contributed by atoms with E-state index in [1.165, 1.54) is 18.9 Å². The minimum atomic E-state index is -0.497. The Kier molecular flexibility index (Phi) is 10.8. The van der Waals surface area contributed by atoms with Crippen molar-refractivity contribution in [1.29, 1.82) is 0 Å². The Labute approximate surface area is 261 Å². The maximum Gasteiger partial charge on any atom is 0.272 e. The molecule has 0 bridgehead atoms. The summed E-state index contributed by atoms with van der Waals surface area (Å²) in [4.78, 5) is 39.9. The molecule has 0 aliphatic rings. The fourth-order valence-electron chi connectivity index (χ4n) is 3.80. The lowest BCUT2D eigenvalue weighted by molar-refractivity contribution is -0.115. The third kappa shape index (κ3) is 8.72. The molecule has 0 fully saturated rings. The van der Waals surface area contributed by atoms with Gasteiger partial charge in [-0.05, 0) is 79.2 Å². The van der Waals surface area contributed by atoms with E-state index in [0.29, 0.717) is 27.7 Å². The van der Waals surface area contributed by atoms with E-state index in [4.69, 9.17) is 16.3 Å². The first-order chi connectivity index (χ1) is 20.2. The van der Waals surface area contributed by atoms with Crippen LogP contribution in [0.25, 0.3) is 6.08 Å².